The SMILES string of the molecule is Cl.O=[N+]([O-])c1ccc(S(=O)(=O)N2CCNCC2c2ccccc2Cl)cc1. The standard InChI is InChI=1S/C16H16ClN3O4S.ClH/c17-15-4-2-1-3-14(15)16-11-18-9-10-19(16)25(23,24)13-7-5-12(6-8-13)20(21)22;/h1-8,16,18H,9-11H2;1H. The van der Waals surface area contributed by atoms with Crippen molar-refractivity contribution in [1.29, 1.82) is 0 Å². The number of halogens is 2. The van der Waals surface area contributed by atoms with Gasteiger partial charge in [-0.1, -0.05) is 29.8 Å². The zero-order valence-corrected chi connectivity index (χ0v) is 15.9. The van der Waals surface area contributed by atoms with Gasteiger partial charge in [0.15, 0.2) is 0 Å². The summed E-state index contributed by atoms with van der Waals surface area (Å²) in [7, 11) is -3.81. The molecule has 1 aliphatic heterocycles. The molecular formula is C16H17Cl2N3O4S. The van der Waals surface area contributed by atoms with Crippen LogP contribution >= 0.6 is 24.0 Å². The van der Waals surface area contributed by atoms with Crippen molar-refractivity contribution in [2.75, 3.05) is 19.6 Å². The monoisotopic (exact) mass is 417 g/mol. The molecule has 0 saturated carbocycles. The van der Waals surface area contributed by atoms with Crippen LogP contribution in [-0.4, -0.2) is 37.3 Å². The van der Waals surface area contributed by atoms with Crippen LogP contribution in [0.1, 0.15) is 11.6 Å². The summed E-state index contributed by atoms with van der Waals surface area (Å²) >= 11 is 6.25. The van der Waals surface area contributed by atoms with Crippen molar-refractivity contribution in [3.8, 4) is 0 Å². The van der Waals surface area contributed by atoms with E-state index >= 15 is 0 Å². The average molecular weight is 418 g/mol. The first kappa shape index (κ1) is 20.6. The van der Waals surface area contributed by atoms with Crippen LogP contribution in [0, 0.1) is 10.1 Å². The van der Waals surface area contributed by atoms with E-state index in [2.05, 4.69) is 5.32 Å². The van der Waals surface area contributed by atoms with E-state index in [9.17, 15) is 18.5 Å². The van der Waals surface area contributed by atoms with Crippen molar-refractivity contribution in [3.63, 3.8) is 0 Å². The highest BCUT2D eigenvalue weighted by molar-refractivity contribution is 7.89. The van der Waals surface area contributed by atoms with Crippen molar-refractivity contribution in [1.82, 2.24) is 9.62 Å². The second-order valence-electron chi connectivity index (χ2n) is 5.61. The first-order chi connectivity index (χ1) is 11.9. The maximum atomic E-state index is 13.0. The molecular weight excluding hydrogens is 401 g/mol. The van der Waals surface area contributed by atoms with E-state index in [-0.39, 0.29) is 29.5 Å². The van der Waals surface area contributed by atoms with Crippen LogP contribution in [0.3, 0.4) is 0 Å². The largest absolute Gasteiger partial charge is 0.313 e. The minimum Gasteiger partial charge on any atom is -0.313 e. The molecule has 1 heterocycles. The predicted molar refractivity (Wildman–Crippen MR) is 101 cm³/mol. The Kier molecular flexibility index (Phi) is 6.59. The molecule has 10 heteroatoms. The van der Waals surface area contributed by atoms with Gasteiger partial charge in [-0.25, -0.2) is 8.42 Å². The number of benzene rings is 2. The summed E-state index contributed by atoms with van der Waals surface area (Å²) in [6, 6.07) is 11.6. The maximum absolute atomic E-state index is 13.0. The van der Waals surface area contributed by atoms with E-state index in [1.807, 2.05) is 6.07 Å². The lowest BCUT2D eigenvalue weighted by atomic mass is 10.1. The van der Waals surface area contributed by atoms with E-state index in [0.717, 1.165) is 5.56 Å². The first-order valence-electron chi connectivity index (χ1n) is 7.62. The van der Waals surface area contributed by atoms with Crippen molar-refractivity contribution < 1.29 is 13.3 Å². The fraction of sp³-hybridized carbons (Fsp3) is 0.250. The summed E-state index contributed by atoms with van der Waals surface area (Å²) in [5.74, 6) is 0. The summed E-state index contributed by atoms with van der Waals surface area (Å²) in [5, 5.41) is 14.4. The van der Waals surface area contributed by atoms with Crippen molar-refractivity contribution in [2.45, 2.75) is 10.9 Å². The molecule has 1 aliphatic rings. The Bertz CT molecular complexity index is 891. The van der Waals surface area contributed by atoms with Gasteiger partial charge in [0.1, 0.15) is 0 Å². The highest BCUT2D eigenvalue weighted by atomic mass is 35.5. The van der Waals surface area contributed by atoms with Crippen LogP contribution in [0.15, 0.2) is 53.4 Å². The number of nitrogens with zero attached hydrogens (tertiary/aromatic N) is 2. The lowest BCUT2D eigenvalue weighted by molar-refractivity contribution is -0.384. The molecule has 7 nitrogen and oxygen atoms in total. The molecule has 1 atom stereocenters. The number of piperazine rings is 1. The Balaban J connectivity index is 0.00000243. The number of hydrogen-bond acceptors (Lipinski definition) is 5. The van der Waals surface area contributed by atoms with Gasteiger partial charge in [-0.2, -0.15) is 4.31 Å². The highest BCUT2D eigenvalue weighted by Gasteiger charge is 2.35. The van der Waals surface area contributed by atoms with Crippen LogP contribution in [0.2, 0.25) is 5.02 Å². The molecule has 3 rings (SSSR count). The van der Waals surface area contributed by atoms with Crippen molar-refractivity contribution >= 4 is 39.7 Å². The number of non-ortho nitro benzene ring substituents is 1. The Morgan fingerprint density at radius 1 is 1.15 bits per heavy atom. The van der Waals surface area contributed by atoms with Gasteiger partial charge in [0, 0.05) is 36.8 Å². The Hall–Kier alpha value is -1.71. The van der Waals surface area contributed by atoms with E-state index < -0.39 is 21.0 Å². The summed E-state index contributed by atoms with van der Waals surface area (Å²) < 4.78 is 27.5. The maximum Gasteiger partial charge on any atom is 0.269 e. The lowest BCUT2D eigenvalue weighted by Gasteiger charge is -2.35. The summed E-state index contributed by atoms with van der Waals surface area (Å²) in [6.07, 6.45) is 0. The molecule has 0 radical (unpaired) electrons. The fourth-order valence-corrected chi connectivity index (χ4v) is 4.73. The molecule has 26 heavy (non-hydrogen) atoms. The number of hydrogen-bond donors (Lipinski definition) is 1. The van der Waals surface area contributed by atoms with Gasteiger partial charge in [0.2, 0.25) is 10.0 Å². The Labute approximate surface area is 162 Å². The first-order valence-corrected chi connectivity index (χ1v) is 9.44. The number of sulfonamides is 1. The molecule has 1 fully saturated rings. The van der Waals surface area contributed by atoms with Crippen LogP contribution in [0.5, 0.6) is 0 Å². The Morgan fingerprint density at radius 3 is 2.42 bits per heavy atom. The zero-order chi connectivity index (χ0) is 18.0. The molecule has 1 unspecified atom stereocenters. The third-order valence-corrected chi connectivity index (χ3v) is 6.38. The van der Waals surface area contributed by atoms with Gasteiger partial charge in [-0.15, -0.1) is 12.4 Å². The number of nitro benzene ring substituents is 1. The van der Waals surface area contributed by atoms with E-state index in [1.54, 1.807) is 18.2 Å². The Morgan fingerprint density at radius 2 is 1.81 bits per heavy atom. The van der Waals surface area contributed by atoms with Gasteiger partial charge in [-0.05, 0) is 23.8 Å². The smallest absolute Gasteiger partial charge is 0.269 e. The summed E-state index contributed by atoms with van der Waals surface area (Å²) in [4.78, 5) is 10.2. The van der Waals surface area contributed by atoms with Gasteiger partial charge in [0.05, 0.1) is 15.9 Å². The predicted octanol–water partition coefficient (Wildman–Crippen LogP) is 3.01. The van der Waals surface area contributed by atoms with E-state index in [4.69, 9.17) is 11.6 Å². The van der Waals surface area contributed by atoms with E-state index in [0.29, 0.717) is 18.1 Å². The molecule has 2 aromatic rings. The minimum atomic E-state index is -3.81. The second-order valence-corrected chi connectivity index (χ2v) is 7.91. The van der Waals surface area contributed by atoms with E-state index in [1.165, 1.54) is 28.6 Å². The van der Waals surface area contributed by atoms with Gasteiger partial charge in [0.25, 0.3) is 5.69 Å². The minimum absolute atomic E-state index is 0. The van der Waals surface area contributed by atoms with Gasteiger partial charge in [-0.3, -0.25) is 10.1 Å². The van der Waals surface area contributed by atoms with Crippen LogP contribution in [0.4, 0.5) is 5.69 Å². The van der Waals surface area contributed by atoms with Crippen molar-refractivity contribution in [3.05, 3.63) is 69.2 Å². The molecule has 0 bridgehead atoms. The topological polar surface area (TPSA) is 92.5 Å². The van der Waals surface area contributed by atoms with Crippen molar-refractivity contribution in [2.24, 2.45) is 0 Å². The quantitative estimate of drug-likeness (QED) is 0.609. The molecule has 0 aromatic heterocycles. The molecule has 2 aromatic carbocycles. The molecule has 1 saturated heterocycles. The van der Waals surface area contributed by atoms with Gasteiger partial charge >= 0.3 is 0 Å². The fourth-order valence-electron chi connectivity index (χ4n) is 2.86. The molecule has 1 N–H and O–H groups in total. The van der Waals surface area contributed by atoms with Crippen LogP contribution < -0.4 is 5.32 Å². The third-order valence-electron chi connectivity index (χ3n) is 4.11. The highest BCUT2D eigenvalue weighted by Crippen LogP contribution is 2.33. The van der Waals surface area contributed by atoms with Crippen LogP contribution in [-0.2, 0) is 10.0 Å². The van der Waals surface area contributed by atoms with Gasteiger partial charge < -0.3 is 5.32 Å². The molecule has 0 aliphatic carbocycles. The summed E-state index contributed by atoms with van der Waals surface area (Å²) in [6.45, 7) is 1.25. The number of nitro groups is 1. The number of rotatable bonds is 4. The third kappa shape index (κ3) is 3.99. The lowest BCUT2D eigenvalue weighted by Crippen LogP contribution is -2.48. The normalized spacial score (nSPS) is 18.1. The summed E-state index contributed by atoms with van der Waals surface area (Å²) in [5.41, 5.74) is 0.573. The number of nitrogens with one attached hydrogen (secondary N) is 1. The molecule has 0 spiro atoms. The molecule has 140 valence electrons. The second kappa shape index (κ2) is 8.32. The average Bonchev–Trinajstić information content (AvgIpc) is 2.62. The molecule has 0 amide bonds. The van der Waals surface area contributed by atoms with Crippen LogP contribution in [0.25, 0.3) is 0 Å². The zero-order valence-electron chi connectivity index (χ0n) is 13.5.